The molecule has 7 heteroatoms. The molecular weight excluding hydrogens is 336 g/mol. The first-order valence-corrected chi connectivity index (χ1v) is 8.52. The summed E-state index contributed by atoms with van der Waals surface area (Å²) in [5, 5.41) is 10.9. The fourth-order valence-corrected chi connectivity index (χ4v) is 2.82. The summed E-state index contributed by atoms with van der Waals surface area (Å²) in [6, 6.07) is 11.7. The molecule has 0 unspecified atom stereocenters. The van der Waals surface area contributed by atoms with E-state index in [0.29, 0.717) is 31.0 Å². The Morgan fingerprint density at radius 2 is 1.85 bits per heavy atom. The van der Waals surface area contributed by atoms with Gasteiger partial charge in [-0.25, -0.2) is 0 Å². The van der Waals surface area contributed by atoms with Crippen molar-refractivity contribution in [2.75, 3.05) is 24.7 Å². The van der Waals surface area contributed by atoms with Gasteiger partial charge in [0.2, 0.25) is 0 Å². The Labute approximate surface area is 151 Å². The van der Waals surface area contributed by atoms with Gasteiger partial charge < -0.3 is 14.4 Å². The lowest BCUT2D eigenvalue weighted by atomic mass is 10.1. The minimum absolute atomic E-state index is 0.0213. The van der Waals surface area contributed by atoms with Gasteiger partial charge >= 0.3 is 0 Å². The van der Waals surface area contributed by atoms with E-state index < -0.39 is 4.92 Å². The van der Waals surface area contributed by atoms with Crippen LogP contribution in [0, 0.1) is 10.1 Å². The second-order valence-corrected chi connectivity index (χ2v) is 5.97. The monoisotopic (exact) mass is 356 g/mol. The lowest BCUT2D eigenvalue weighted by molar-refractivity contribution is -0.384. The maximum Gasteiger partial charge on any atom is 0.271 e. The summed E-state index contributed by atoms with van der Waals surface area (Å²) in [6.45, 7) is 3.06. The van der Waals surface area contributed by atoms with Crippen molar-refractivity contribution in [3.05, 3.63) is 58.1 Å². The number of non-ortho nitro benzene ring substituents is 1. The summed E-state index contributed by atoms with van der Waals surface area (Å²) in [4.78, 5) is 24.5. The minimum atomic E-state index is -0.458. The number of hydrogen-bond donors (Lipinski definition) is 0. The quantitative estimate of drug-likeness (QED) is 0.561. The van der Waals surface area contributed by atoms with Gasteiger partial charge in [0.05, 0.1) is 17.2 Å². The van der Waals surface area contributed by atoms with Crippen LogP contribution in [0.2, 0.25) is 0 Å². The van der Waals surface area contributed by atoms with Crippen LogP contribution in [0.3, 0.4) is 0 Å². The molecule has 0 saturated carbocycles. The van der Waals surface area contributed by atoms with Gasteiger partial charge in [0, 0.05) is 18.7 Å². The number of nitro groups is 1. The molecule has 0 saturated heterocycles. The molecule has 2 aromatic rings. The molecule has 0 spiro atoms. The molecule has 1 amide bonds. The predicted molar refractivity (Wildman–Crippen MR) is 96.9 cm³/mol. The second kappa shape index (κ2) is 7.86. The minimum Gasteiger partial charge on any atom is -0.494 e. The number of anilines is 1. The molecule has 26 heavy (non-hydrogen) atoms. The van der Waals surface area contributed by atoms with Crippen molar-refractivity contribution in [3.63, 3.8) is 0 Å². The number of nitrogens with zero attached hydrogens (tertiary/aromatic N) is 2. The van der Waals surface area contributed by atoms with Crippen molar-refractivity contribution in [1.29, 1.82) is 0 Å². The van der Waals surface area contributed by atoms with E-state index in [1.807, 2.05) is 6.92 Å². The Hall–Kier alpha value is -3.09. The highest BCUT2D eigenvalue weighted by Gasteiger charge is 2.26. The molecule has 0 aromatic heterocycles. The molecule has 1 aliphatic rings. The van der Waals surface area contributed by atoms with Crippen LogP contribution >= 0.6 is 0 Å². The van der Waals surface area contributed by atoms with Crippen LogP contribution in [0.5, 0.6) is 11.5 Å². The third-order valence-electron chi connectivity index (χ3n) is 4.14. The van der Waals surface area contributed by atoms with E-state index in [-0.39, 0.29) is 18.2 Å². The van der Waals surface area contributed by atoms with Crippen LogP contribution in [0.4, 0.5) is 11.4 Å². The summed E-state index contributed by atoms with van der Waals surface area (Å²) in [7, 11) is 0. The first-order chi connectivity index (χ1) is 12.6. The van der Waals surface area contributed by atoms with Crippen molar-refractivity contribution in [3.8, 4) is 11.5 Å². The Bertz CT molecular complexity index is 804. The van der Waals surface area contributed by atoms with Crippen LogP contribution < -0.4 is 14.4 Å². The number of carbonyl (C=O) groups excluding carboxylic acids is 1. The normalized spacial score (nSPS) is 12.6. The van der Waals surface area contributed by atoms with Crippen molar-refractivity contribution in [2.24, 2.45) is 0 Å². The average molecular weight is 356 g/mol. The van der Waals surface area contributed by atoms with Crippen LogP contribution in [-0.4, -0.2) is 30.6 Å². The van der Waals surface area contributed by atoms with Gasteiger partial charge in [-0.1, -0.05) is 13.0 Å². The van der Waals surface area contributed by atoms with Crippen LogP contribution in [-0.2, 0) is 11.2 Å². The molecule has 0 bridgehead atoms. The van der Waals surface area contributed by atoms with E-state index in [4.69, 9.17) is 9.47 Å². The molecule has 0 atom stereocenters. The van der Waals surface area contributed by atoms with Crippen molar-refractivity contribution in [2.45, 2.75) is 19.8 Å². The van der Waals surface area contributed by atoms with Crippen LogP contribution in [0.25, 0.3) is 0 Å². The Balaban J connectivity index is 1.61. The van der Waals surface area contributed by atoms with Gasteiger partial charge in [-0.3, -0.25) is 14.9 Å². The predicted octanol–water partition coefficient (Wildman–Crippen LogP) is 3.35. The highest BCUT2D eigenvalue weighted by molar-refractivity contribution is 5.96. The average Bonchev–Trinajstić information content (AvgIpc) is 3.08. The number of benzene rings is 2. The number of ether oxygens (including phenoxy) is 2. The molecule has 0 radical (unpaired) electrons. The van der Waals surface area contributed by atoms with Crippen molar-refractivity contribution in [1.82, 2.24) is 0 Å². The van der Waals surface area contributed by atoms with Gasteiger partial charge in [0.1, 0.15) is 11.5 Å². The smallest absolute Gasteiger partial charge is 0.271 e. The van der Waals surface area contributed by atoms with Gasteiger partial charge in [-0.15, -0.1) is 0 Å². The number of amides is 1. The third-order valence-corrected chi connectivity index (χ3v) is 4.14. The maximum absolute atomic E-state index is 12.5. The zero-order chi connectivity index (χ0) is 18.5. The molecule has 7 nitrogen and oxygen atoms in total. The summed E-state index contributed by atoms with van der Waals surface area (Å²) in [5.41, 5.74) is 1.50. The Morgan fingerprint density at radius 1 is 1.15 bits per heavy atom. The van der Waals surface area contributed by atoms with E-state index in [0.717, 1.165) is 17.7 Å². The number of carbonyl (C=O) groups is 1. The standard InChI is InChI=1S/C19H20N2O5/c1-2-11-25-16-5-7-17(8-6-16)26-13-19(22)20-10-9-14-3-4-15(21(23)24)12-18(14)20/h3-8,12H,2,9-11,13H2,1H3. The zero-order valence-electron chi connectivity index (χ0n) is 14.5. The fraction of sp³-hybridized carbons (Fsp3) is 0.316. The molecule has 3 rings (SSSR count). The van der Waals surface area contributed by atoms with Crippen LogP contribution in [0.1, 0.15) is 18.9 Å². The SMILES string of the molecule is CCCOc1ccc(OCC(=O)N2CCc3ccc([N+](=O)[O-])cc32)cc1. The van der Waals surface area contributed by atoms with E-state index in [2.05, 4.69) is 0 Å². The molecule has 0 aliphatic carbocycles. The van der Waals surface area contributed by atoms with Crippen LogP contribution in [0.15, 0.2) is 42.5 Å². The summed E-state index contributed by atoms with van der Waals surface area (Å²) in [6.07, 6.45) is 1.62. The number of fused-ring (bicyclic) bond motifs is 1. The molecule has 0 N–H and O–H groups in total. The number of nitro benzene ring substituents is 1. The van der Waals surface area contributed by atoms with Gasteiger partial charge in [-0.2, -0.15) is 0 Å². The zero-order valence-corrected chi connectivity index (χ0v) is 14.5. The Kier molecular flexibility index (Phi) is 5.36. The van der Waals surface area contributed by atoms with E-state index in [1.165, 1.54) is 12.1 Å². The molecule has 1 aliphatic heterocycles. The molecule has 1 heterocycles. The van der Waals surface area contributed by atoms with E-state index in [1.54, 1.807) is 35.2 Å². The molecule has 2 aromatic carbocycles. The van der Waals surface area contributed by atoms with Gasteiger partial charge in [0.25, 0.3) is 11.6 Å². The number of rotatable bonds is 7. The highest BCUT2D eigenvalue weighted by atomic mass is 16.6. The summed E-state index contributed by atoms with van der Waals surface area (Å²) in [5.74, 6) is 1.10. The largest absolute Gasteiger partial charge is 0.494 e. The molecular formula is C19H20N2O5. The summed E-state index contributed by atoms with van der Waals surface area (Å²) < 4.78 is 11.1. The third kappa shape index (κ3) is 3.93. The second-order valence-electron chi connectivity index (χ2n) is 5.97. The first kappa shape index (κ1) is 17.7. The van der Waals surface area contributed by atoms with E-state index in [9.17, 15) is 14.9 Å². The van der Waals surface area contributed by atoms with Gasteiger partial charge in [0.15, 0.2) is 6.61 Å². The lowest BCUT2D eigenvalue weighted by Crippen LogP contribution is -2.33. The highest BCUT2D eigenvalue weighted by Crippen LogP contribution is 2.31. The first-order valence-electron chi connectivity index (χ1n) is 8.52. The summed E-state index contributed by atoms with van der Waals surface area (Å²) >= 11 is 0. The topological polar surface area (TPSA) is 81.9 Å². The van der Waals surface area contributed by atoms with Crippen molar-refractivity contribution >= 4 is 17.3 Å². The van der Waals surface area contributed by atoms with Gasteiger partial charge in [-0.05, 0) is 42.7 Å². The molecule has 136 valence electrons. The maximum atomic E-state index is 12.5. The number of hydrogen-bond acceptors (Lipinski definition) is 5. The fourth-order valence-electron chi connectivity index (χ4n) is 2.82. The lowest BCUT2D eigenvalue weighted by Gasteiger charge is -2.17. The van der Waals surface area contributed by atoms with E-state index >= 15 is 0 Å². The van der Waals surface area contributed by atoms with Crippen molar-refractivity contribution < 1.29 is 19.2 Å². The Morgan fingerprint density at radius 3 is 2.50 bits per heavy atom. The molecule has 0 fully saturated rings.